The van der Waals surface area contributed by atoms with Crippen molar-refractivity contribution in [1.29, 1.82) is 0 Å². The van der Waals surface area contributed by atoms with Gasteiger partial charge < -0.3 is 10.2 Å². The fourth-order valence-corrected chi connectivity index (χ4v) is 2.10. The molecule has 2 N–H and O–H groups in total. The molecule has 0 saturated carbocycles. The van der Waals surface area contributed by atoms with Crippen LogP contribution in [0.3, 0.4) is 0 Å². The molecule has 1 fully saturated rings. The molecule has 0 aliphatic carbocycles. The lowest BCUT2D eigenvalue weighted by Crippen LogP contribution is -2.35. The highest BCUT2D eigenvalue weighted by molar-refractivity contribution is 5.74. The van der Waals surface area contributed by atoms with E-state index in [2.05, 4.69) is 5.10 Å². The summed E-state index contributed by atoms with van der Waals surface area (Å²) in [6.45, 7) is 0.924. The van der Waals surface area contributed by atoms with Gasteiger partial charge in [0.2, 0.25) is 0 Å². The van der Waals surface area contributed by atoms with Crippen LogP contribution in [0, 0.1) is 0 Å². The molecule has 0 radical (unpaired) electrons. The standard InChI is InChI=1S/C10H15N3O3/c1-12-4-7(3-11-12)5-13-6-8(14)2-9(13)10(15)16/h3-4,8-9,14H,2,5-6H2,1H3,(H,15,16). The number of aliphatic hydroxyl groups is 1. The van der Waals surface area contributed by atoms with Gasteiger partial charge in [0.25, 0.3) is 0 Å². The maximum atomic E-state index is 11.0. The van der Waals surface area contributed by atoms with Crippen LogP contribution >= 0.6 is 0 Å². The lowest BCUT2D eigenvalue weighted by atomic mass is 10.2. The van der Waals surface area contributed by atoms with Crippen LogP contribution in [0.15, 0.2) is 12.4 Å². The molecule has 2 unspecified atom stereocenters. The van der Waals surface area contributed by atoms with E-state index in [-0.39, 0.29) is 0 Å². The quantitative estimate of drug-likeness (QED) is 0.721. The fourth-order valence-electron chi connectivity index (χ4n) is 2.10. The van der Waals surface area contributed by atoms with Crippen molar-refractivity contribution < 1.29 is 15.0 Å². The molecule has 0 bridgehead atoms. The Morgan fingerprint density at radius 1 is 1.69 bits per heavy atom. The zero-order valence-corrected chi connectivity index (χ0v) is 9.08. The Morgan fingerprint density at radius 2 is 2.44 bits per heavy atom. The van der Waals surface area contributed by atoms with Gasteiger partial charge in [-0.3, -0.25) is 14.4 Å². The second kappa shape index (κ2) is 4.23. The Labute approximate surface area is 93.1 Å². The summed E-state index contributed by atoms with van der Waals surface area (Å²) in [5.74, 6) is -0.875. The minimum absolute atomic E-state index is 0.301. The predicted molar refractivity (Wildman–Crippen MR) is 55.7 cm³/mol. The van der Waals surface area contributed by atoms with Gasteiger partial charge >= 0.3 is 5.97 Å². The van der Waals surface area contributed by atoms with Crippen molar-refractivity contribution in [1.82, 2.24) is 14.7 Å². The molecule has 2 heterocycles. The summed E-state index contributed by atoms with van der Waals surface area (Å²) >= 11 is 0. The second-order valence-electron chi connectivity index (χ2n) is 4.20. The summed E-state index contributed by atoms with van der Waals surface area (Å²) in [5.41, 5.74) is 0.961. The van der Waals surface area contributed by atoms with E-state index in [1.165, 1.54) is 0 Å². The van der Waals surface area contributed by atoms with Crippen LogP contribution in [0.2, 0.25) is 0 Å². The number of carboxylic acid groups (broad SMARTS) is 1. The van der Waals surface area contributed by atoms with Crippen LogP contribution in [0.1, 0.15) is 12.0 Å². The average molecular weight is 225 g/mol. The first-order valence-electron chi connectivity index (χ1n) is 5.18. The maximum absolute atomic E-state index is 11.0. The van der Waals surface area contributed by atoms with Gasteiger partial charge in [-0.2, -0.15) is 5.10 Å². The average Bonchev–Trinajstić information content (AvgIpc) is 2.74. The lowest BCUT2D eigenvalue weighted by Gasteiger charge is -2.19. The van der Waals surface area contributed by atoms with Crippen molar-refractivity contribution >= 4 is 5.97 Å². The minimum atomic E-state index is -0.875. The number of hydrogen-bond acceptors (Lipinski definition) is 4. The number of hydrogen-bond donors (Lipinski definition) is 2. The van der Waals surface area contributed by atoms with Crippen molar-refractivity contribution in [2.24, 2.45) is 7.05 Å². The van der Waals surface area contributed by atoms with Gasteiger partial charge in [0.15, 0.2) is 0 Å². The van der Waals surface area contributed by atoms with E-state index in [9.17, 15) is 9.90 Å². The third-order valence-corrected chi connectivity index (χ3v) is 2.81. The molecule has 0 amide bonds. The van der Waals surface area contributed by atoms with Gasteiger partial charge in [-0.15, -0.1) is 0 Å². The number of likely N-dealkylation sites (tertiary alicyclic amines) is 1. The molecular weight excluding hydrogens is 210 g/mol. The Balaban J connectivity index is 2.05. The smallest absolute Gasteiger partial charge is 0.321 e. The minimum Gasteiger partial charge on any atom is -0.480 e. The molecule has 2 atom stereocenters. The second-order valence-corrected chi connectivity index (χ2v) is 4.20. The molecule has 2 rings (SSSR count). The molecule has 1 saturated heterocycles. The van der Waals surface area contributed by atoms with E-state index >= 15 is 0 Å². The summed E-state index contributed by atoms with van der Waals surface area (Å²) in [6.07, 6.45) is 3.32. The molecule has 88 valence electrons. The molecule has 1 aliphatic heterocycles. The van der Waals surface area contributed by atoms with E-state index in [1.807, 2.05) is 13.2 Å². The van der Waals surface area contributed by atoms with Crippen LogP contribution in [-0.2, 0) is 18.4 Å². The highest BCUT2D eigenvalue weighted by Crippen LogP contribution is 2.20. The van der Waals surface area contributed by atoms with E-state index in [1.54, 1.807) is 15.8 Å². The van der Waals surface area contributed by atoms with Gasteiger partial charge in [0.05, 0.1) is 12.3 Å². The zero-order chi connectivity index (χ0) is 11.7. The Hall–Kier alpha value is -1.40. The number of β-amino-alcohol motifs (C(OH)–C–C–N with tert-alkyl or cyclic N) is 1. The number of rotatable bonds is 3. The van der Waals surface area contributed by atoms with Crippen molar-refractivity contribution in [2.75, 3.05) is 6.54 Å². The molecule has 16 heavy (non-hydrogen) atoms. The monoisotopic (exact) mass is 225 g/mol. The molecular formula is C10H15N3O3. The highest BCUT2D eigenvalue weighted by Gasteiger charge is 2.35. The van der Waals surface area contributed by atoms with Crippen LogP contribution in [0.4, 0.5) is 0 Å². The Kier molecular flexibility index (Phi) is 2.93. The van der Waals surface area contributed by atoms with Crippen LogP contribution in [0.5, 0.6) is 0 Å². The number of aryl methyl sites for hydroxylation is 1. The summed E-state index contributed by atoms with van der Waals surface area (Å²) < 4.78 is 1.68. The predicted octanol–water partition coefficient (Wildman–Crippen LogP) is -0.560. The zero-order valence-electron chi connectivity index (χ0n) is 9.08. The first kappa shape index (κ1) is 11.1. The molecule has 1 aromatic rings. The third-order valence-electron chi connectivity index (χ3n) is 2.81. The number of aliphatic carboxylic acids is 1. The summed E-state index contributed by atoms with van der Waals surface area (Å²) in [6, 6.07) is -0.588. The molecule has 0 spiro atoms. The van der Waals surface area contributed by atoms with Crippen molar-refractivity contribution in [2.45, 2.75) is 25.1 Å². The summed E-state index contributed by atoms with van der Waals surface area (Å²) in [4.78, 5) is 12.7. The fraction of sp³-hybridized carbons (Fsp3) is 0.600. The van der Waals surface area contributed by atoms with Crippen molar-refractivity contribution in [3.05, 3.63) is 18.0 Å². The van der Waals surface area contributed by atoms with Crippen LogP contribution < -0.4 is 0 Å². The summed E-state index contributed by atoms with van der Waals surface area (Å²) in [5, 5.41) is 22.5. The van der Waals surface area contributed by atoms with Crippen molar-refractivity contribution in [3.8, 4) is 0 Å². The highest BCUT2D eigenvalue weighted by atomic mass is 16.4. The molecule has 6 nitrogen and oxygen atoms in total. The van der Waals surface area contributed by atoms with Crippen LogP contribution in [0.25, 0.3) is 0 Å². The number of nitrogens with zero attached hydrogens (tertiary/aromatic N) is 3. The van der Waals surface area contributed by atoms with Crippen LogP contribution in [-0.4, -0.2) is 49.6 Å². The first-order chi connectivity index (χ1) is 7.56. The van der Waals surface area contributed by atoms with E-state index < -0.39 is 18.1 Å². The Bertz CT molecular complexity index is 390. The molecule has 1 aromatic heterocycles. The SMILES string of the molecule is Cn1cc(CN2CC(O)CC2C(=O)O)cn1. The third kappa shape index (κ3) is 2.23. The largest absolute Gasteiger partial charge is 0.480 e. The molecule has 6 heteroatoms. The Morgan fingerprint density at radius 3 is 3.00 bits per heavy atom. The lowest BCUT2D eigenvalue weighted by molar-refractivity contribution is -0.142. The van der Waals surface area contributed by atoms with Gasteiger partial charge in [-0.25, -0.2) is 0 Å². The molecule has 1 aliphatic rings. The number of carbonyl (C=O) groups is 1. The first-order valence-corrected chi connectivity index (χ1v) is 5.18. The van der Waals surface area contributed by atoms with Gasteiger partial charge in [-0.05, 0) is 0 Å². The van der Waals surface area contributed by atoms with E-state index in [0.717, 1.165) is 5.56 Å². The normalized spacial score (nSPS) is 26.1. The van der Waals surface area contributed by atoms with E-state index in [0.29, 0.717) is 19.5 Å². The topological polar surface area (TPSA) is 78.6 Å². The van der Waals surface area contributed by atoms with Crippen molar-refractivity contribution in [3.63, 3.8) is 0 Å². The van der Waals surface area contributed by atoms with Gasteiger partial charge in [-0.1, -0.05) is 0 Å². The van der Waals surface area contributed by atoms with E-state index in [4.69, 9.17) is 5.11 Å². The maximum Gasteiger partial charge on any atom is 0.321 e. The van der Waals surface area contributed by atoms with Gasteiger partial charge in [0, 0.05) is 38.3 Å². The number of carboxylic acids is 1. The summed E-state index contributed by atoms with van der Waals surface area (Å²) in [7, 11) is 1.82. The molecule has 0 aromatic carbocycles. The number of aromatic nitrogens is 2. The van der Waals surface area contributed by atoms with Gasteiger partial charge in [0.1, 0.15) is 6.04 Å². The number of aliphatic hydroxyl groups excluding tert-OH is 1.